The molecule has 7 heteroatoms. The van der Waals surface area contributed by atoms with Crippen LogP contribution in [0.1, 0.15) is 28.4 Å². The van der Waals surface area contributed by atoms with E-state index in [1.54, 1.807) is 24.0 Å². The number of piperazine rings is 1. The fraction of sp³-hybridized carbons (Fsp3) is 0.375. The molecule has 0 unspecified atom stereocenters. The number of nitrogens with one attached hydrogen (secondary N) is 1. The molecule has 31 heavy (non-hydrogen) atoms. The van der Waals surface area contributed by atoms with Gasteiger partial charge in [0.15, 0.2) is 6.10 Å². The van der Waals surface area contributed by atoms with Gasteiger partial charge in [0.25, 0.3) is 11.8 Å². The molecule has 1 heterocycles. The third kappa shape index (κ3) is 5.84. The molecule has 2 amide bonds. The van der Waals surface area contributed by atoms with E-state index in [4.69, 9.17) is 4.74 Å². The zero-order valence-corrected chi connectivity index (χ0v) is 18.3. The summed E-state index contributed by atoms with van der Waals surface area (Å²) >= 11 is 0. The van der Waals surface area contributed by atoms with Gasteiger partial charge in [-0.2, -0.15) is 0 Å². The third-order valence-corrected chi connectivity index (χ3v) is 5.53. The van der Waals surface area contributed by atoms with Crippen LogP contribution in [0.25, 0.3) is 0 Å². The van der Waals surface area contributed by atoms with Crippen LogP contribution >= 0.6 is 0 Å². The Labute approximate surface area is 183 Å². The highest BCUT2D eigenvalue weighted by Gasteiger charge is 2.27. The van der Waals surface area contributed by atoms with E-state index in [-0.39, 0.29) is 18.4 Å². The van der Waals surface area contributed by atoms with E-state index in [9.17, 15) is 14.4 Å². The first-order valence-corrected chi connectivity index (χ1v) is 10.5. The number of ether oxygens (including phenoxy) is 1. The van der Waals surface area contributed by atoms with Crippen molar-refractivity contribution in [2.75, 3.05) is 37.6 Å². The van der Waals surface area contributed by atoms with E-state index in [0.29, 0.717) is 18.7 Å². The number of esters is 1. The van der Waals surface area contributed by atoms with Crippen LogP contribution in [-0.4, -0.2) is 61.5 Å². The molecule has 0 aromatic heterocycles. The summed E-state index contributed by atoms with van der Waals surface area (Å²) in [6.07, 6.45) is -0.894. The predicted molar refractivity (Wildman–Crippen MR) is 119 cm³/mol. The molecule has 1 fully saturated rings. The van der Waals surface area contributed by atoms with Crippen molar-refractivity contribution in [3.63, 3.8) is 0 Å². The van der Waals surface area contributed by atoms with Crippen molar-refractivity contribution in [2.45, 2.75) is 26.9 Å². The molecule has 0 spiro atoms. The Bertz CT molecular complexity index is 937. The summed E-state index contributed by atoms with van der Waals surface area (Å²) in [5, 5.41) is 2.55. The van der Waals surface area contributed by atoms with Gasteiger partial charge >= 0.3 is 5.97 Å². The summed E-state index contributed by atoms with van der Waals surface area (Å²) in [7, 11) is 0. The highest BCUT2D eigenvalue weighted by molar-refractivity contribution is 5.96. The summed E-state index contributed by atoms with van der Waals surface area (Å²) in [4.78, 5) is 40.9. The van der Waals surface area contributed by atoms with Crippen LogP contribution in [0.15, 0.2) is 48.5 Å². The van der Waals surface area contributed by atoms with Crippen LogP contribution < -0.4 is 10.2 Å². The monoisotopic (exact) mass is 423 g/mol. The molecule has 1 N–H and O–H groups in total. The largest absolute Gasteiger partial charge is 0.451 e. The number of aryl methyl sites for hydroxylation is 2. The van der Waals surface area contributed by atoms with Crippen molar-refractivity contribution in [1.29, 1.82) is 0 Å². The molecule has 0 saturated carbocycles. The maximum atomic E-state index is 12.6. The molecule has 0 bridgehead atoms. The SMILES string of the molecule is Cc1ccc(C(=O)NCC(=O)O[C@@H](C)C(=O)N2CCN(c3ccccc3)CC2)cc1C. The normalized spacial score (nSPS) is 14.7. The van der Waals surface area contributed by atoms with E-state index >= 15 is 0 Å². The number of anilines is 1. The average Bonchev–Trinajstić information content (AvgIpc) is 2.79. The van der Waals surface area contributed by atoms with Gasteiger partial charge in [0.2, 0.25) is 0 Å². The molecule has 2 aromatic carbocycles. The highest BCUT2D eigenvalue weighted by Crippen LogP contribution is 2.16. The number of hydrogen-bond acceptors (Lipinski definition) is 5. The second-order valence-electron chi connectivity index (χ2n) is 7.76. The topological polar surface area (TPSA) is 78.9 Å². The minimum absolute atomic E-state index is 0.221. The first-order valence-electron chi connectivity index (χ1n) is 10.5. The second-order valence-corrected chi connectivity index (χ2v) is 7.76. The molecule has 0 radical (unpaired) electrons. The molecule has 1 atom stereocenters. The molecule has 0 aliphatic carbocycles. The number of nitrogens with zero attached hydrogens (tertiary/aromatic N) is 2. The maximum Gasteiger partial charge on any atom is 0.326 e. The van der Waals surface area contributed by atoms with Gasteiger partial charge in [0.05, 0.1) is 0 Å². The molecular formula is C24H29N3O4. The lowest BCUT2D eigenvalue weighted by Crippen LogP contribution is -2.52. The lowest BCUT2D eigenvalue weighted by Gasteiger charge is -2.37. The average molecular weight is 424 g/mol. The fourth-order valence-corrected chi connectivity index (χ4v) is 3.51. The van der Waals surface area contributed by atoms with Crippen LogP contribution in [0.3, 0.4) is 0 Å². The van der Waals surface area contributed by atoms with E-state index in [1.807, 2.05) is 50.2 Å². The van der Waals surface area contributed by atoms with E-state index in [0.717, 1.165) is 29.9 Å². The Kier molecular flexibility index (Phi) is 7.28. The van der Waals surface area contributed by atoms with Crippen LogP contribution in [0.4, 0.5) is 5.69 Å². The first kappa shape index (κ1) is 22.3. The highest BCUT2D eigenvalue weighted by atomic mass is 16.5. The summed E-state index contributed by atoms with van der Waals surface area (Å²) in [6.45, 7) is 7.75. The summed E-state index contributed by atoms with van der Waals surface area (Å²) in [5.74, 6) is -1.21. The van der Waals surface area contributed by atoms with Gasteiger partial charge in [-0.25, -0.2) is 0 Å². The van der Waals surface area contributed by atoms with Crippen LogP contribution in [-0.2, 0) is 14.3 Å². The van der Waals surface area contributed by atoms with Crippen molar-refractivity contribution in [3.05, 3.63) is 65.2 Å². The Hall–Kier alpha value is -3.35. The van der Waals surface area contributed by atoms with Crippen molar-refractivity contribution in [1.82, 2.24) is 10.2 Å². The van der Waals surface area contributed by atoms with Gasteiger partial charge in [-0.1, -0.05) is 24.3 Å². The second kappa shape index (κ2) is 10.1. The molecule has 1 aliphatic rings. The Morgan fingerprint density at radius 3 is 2.29 bits per heavy atom. The van der Waals surface area contributed by atoms with Crippen molar-refractivity contribution < 1.29 is 19.1 Å². The van der Waals surface area contributed by atoms with Crippen LogP contribution in [0.5, 0.6) is 0 Å². The standard InChI is InChI=1S/C24H29N3O4/c1-17-9-10-20(15-18(17)2)23(29)25-16-22(28)31-19(3)24(30)27-13-11-26(12-14-27)21-7-5-4-6-8-21/h4-10,15,19H,11-14,16H2,1-3H3,(H,25,29)/t19-/m0/s1. The number of rotatable bonds is 6. The zero-order chi connectivity index (χ0) is 22.4. The van der Waals surface area contributed by atoms with Gasteiger partial charge in [-0.3, -0.25) is 14.4 Å². The molecule has 2 aromatic rings. The molecule has 7 nitrogen and oxygen atoms in total. The first-order chi connectivity index (χ1) is 14.8. The van der Waals surface area contributed by atoms with Crippen molar-refractivity contribution in [2.24, 2.45) is 0 Å². The van der Waals surface area contributed by atoms with E-state index < -0.39 is 12.1 Å². The number of benzene rings is 2. The Morgan fingerprint density at radius 1 is 0.968 bits per heavy atom. The quantitative estimate of drug-likeness (QED) is 0.722. The van der Waals surface area contributed by atoms with Gasteiger partial charge in [-0.05, 0) is 56.2 Å². The number of para-hydroxylation sites is 1. The molecule has 164 valence electrons. The molecule has 1 aliphatic heterocycles. The maximum absolute atomic E-state index is 12.6. The zero-order valence-electron chi connectivity index (χ0n) is 18.3. The number of carbonyl (C=O) groups is 3. The van der Waals surface area contributed by atoms with Gasteiger partial charge in [0.1, 0.15) is 6.54 Å². The van der Waals surface area contributed by atoms with Crippen LogP contribution in [0, 0.1) is 13.8 Å². The lowest BCUT2D eigenvalue weighted by atomic mass is 10.1. The molecule has 1 saturated heterocycles. The number of amides is 2. The van der Waals surface area contributed by atoms with E-state index in [1.165, 1.54) is 0 Å². The number of hydrogen-bond donors (Lipinski definition) is 1. The predicted octanol–water partition coefficient (Wildman–Crippen LogP) is 2.31. The molecule has 3 rings (SSSR count). The third-order valence-electron chi connectivity index (χ3n) is 5.53. The Morgan fingerprint density at radius 2 is 1.65 bits per heavy atom. The minimum Gasteiger partial charge on any atom is -0.451 e. The Balaban J connectivity index is 1.43. The minimum atomic E-state index is -0.894. The van der Waals surface area contributed by atoms with Crippen molar-refractivity contribution >= 4 is 23.5 Å². The van der Waals surface area contributed by atoms with Crippen molar-refractivity contribution in [3.8, 4) is 0 Å². The summed E-state index contributed by atoms with van der Waals surface area (Å²) in [6, 6.07) is 15.4. The number of carbonyl (C=O) groups excluding carboxylic acids is 3. The van der Waals surface area contributed by atoms with Crippen LogP contribution in [0.2, 0.25) is 0 Å². The molecular weight excluding hydrogens is 394 g/mol. The van der Waals surface area contributed by atoms with E-state index in [2.05, 4.69) is 10.2 Å². The summed E-state index contributed by atoms with van der Waals surface area (Å²) in [5.41, 5.74) is 3.71. The van der Waals surface area contributed by atoms with Gasteiger partial charge in [-0.15, -0.1) is 0 Å². The smallest absolute Gasteiger partial charge is 0.326 e. The van der Waals surface area contributed by atoms with Gasteiger partial charge in [0, 0.05) is 37.4 Å². The van der Waals surface area contributed by atoms with Gasteiger partial charge < -0.3 is 19.9 Å². The fourth-order valence-electron chi connectivity index (χ4n) is 3.51. The lowest BCUT2D eigenvalue weighted by molar-refractivity contribution is -0.158. The summed E-state index contributed by atoms with van der Waals surface area (Å²) < 4.78 is 5.25.